The molecule has 0 N–H and O–H groups in total. The lowest BCUT2D eigenvalue weighted by Crippen LogP contribution is -1.98. The van der Waals surface area contributed by atoms with E-state index in [1.165, 1.54) is 0 Å². The van der Waals surface area contributed by atoms with Crippen LogP contribution in [-0.4, -0.2) is 0 Å². The molecule has 1 aliphatic rings. The van der Waals surface area contributed by atoms with Crippen molar-refractivity contribution in [3.8, 4) is 0 Å². The van der Waals surface area contributed by atoms with Crippen LogP contribution in [0.4, 0.5) is 0 Å². The van der Waals surface area contributed by atoms with E-state index >= 15 is 0 Å². The van der Waals surface area contributed by atoms with E-state index < -0.39 is 0 Å². The van der Waals surface area contributed by atoms with Crippen LogP contribution >= 0.6 is 0 Å². The SMILES string of the molecule is C=C1CCCC(=C)O1. The molecule has 0 atom stereocenters. The molecule has 0 amide bonds. The van der Waals surface area contributed by atoms with Crippen molar-refractivity contribution in [2.24, 2.45) is 0 Å². The lowest BCUT2D eigenvalue weighted by atomic mass is 10.1. The normalized spacial score (nSPS) is 20.5. The Balaban J connectivity index is 2.45. The van der Waals surface area contributed by atoms with E-state index in [2.05, 4.69) is 13.2 Å². The van der Waals surface area contributed by atoms with Gasteiger partial charge in [-0.15, -0.1) is 0 Å². The predicted molar refractivity (Wildman–Crippen MR) is 33.2 cm³/mol. The second-order valence-electron chi connectivity index (χ2n) is 2.03. The van der Waals surface area contributed by atoms with Gasteiger partial charge in [0, 0.05) is 12.8 Å². The minimum atomic E-state index is 0.862. The van der Waals surface area contributed by atoms with Gasteiger partial charge in [0.1, 0.15) is 0 Å². The monoisotopic (exact) mass is 110 g/mol. The molecule has 0 unspecified atom stereocenters. The fourth-order valence-corrected chi connectivity index (χ4v) is 0.789. The average molecular weight is 110 g/mol. The zero-order chi connectivity index (χ0) is 5.98. The van der Waals surface area contributed by atoms with Crippen LogP contribution in [0.25, 0.3) is 0 Å². The maximum absolute atomic E-state index is 5.10. The summed E-state index contributed by atoms with van der Waals surface area (Å²) in [4.78, 5) is 0. The summed E-state index contributed by atoms with van der Waals surface area (Å²) in [5.74, 6) is 1.72. The van der Waals surface area contributed by atoms with Crippen molar-refractivity contribution in [2.75, 3.05) is 0 Å². The first kappa shape index (κ1) is 5.42. The van der Waals surface area contributed by atoms with Crippen molar-refractivity contribution in [2.45, 2.75) is 19.3 Å². The van der Waals surface area contributed by atoms with Gasteiger partial charge in [0.2, 0.25) is 0 Å². The number of allylic oxidation sites excluding steroid dienone is 2. The second kappa shape index (κ2) is 2.03. The van der Waals surface area contributed by atoms with Gasteiger partial charge < -0.3 is 4.74 Å². The zero-order valence-corrected chi connectivity index (χ0v) is 4.94. The highest BCUT2D eigenvalue weighted by Gasteiger charge is 2.05. The smallest absolute Gasteiger partial charge is 0.0964 e. The third-order valence-corrected chi connectivity index (χ3v) is 1.20. The van der Waals surface area contributed by atoms with Crippen LogP contribution < -0.4 is 0 Å². The van der Waals surface area contributed by atoms with Gasteiger partial charge >= 0.3 is 0 Å². The Labute approximate surface area is 49.7 Å². The fourth-order valence-electron chi connectivity index (χ4n) is 0.789. The van der Waals surface area contributed by atoms with Crippen molar-refractivity contribution in [1.82, 2.24) is 0 Å². The highest BCUT2D eigenvalue weighted by atomic mass is 16.5. The average Bonchev–Trinajstić information content (AvgIpc) is 1.64. The van der Waals surface area contributed by atoms with Crippen molar-refractivity contribution < 1.29 is 4.74 Å². The highest BCUT2D eigenvalue weighted by Crippen LogP contribution is 2.21. The Morgan fingerprint density at radius 1 is 1.12 bits per heavy atom. The molecule has 0 aliphatic carbocycles. The molecule has 1 rings (SSSR count). The molecule has 1 heteroatoms. The zero-order valence-electron chi connectivity index (χ0n) is 4.94. The van der Waals surface area contributed by atoms with E-state index in [4.69, 9.17) is 4.74 Å². The van der Waals surface area contributed by atoms with Gasteiger partial charge in [0.25, 0.3) is 0 Å². The first-order valence-electron chi connectivity index (χ1n) is 2.82. The molecule has 0 bridgehead atoms. The van der Waals surface area contributed by atoms with Crippen LogP contribution in [0.2, 0.25) is 0 Å². The van der Waals surface area contributed by atoms with E-state index in [-0.39, 0.29) is 0 Å². The van der Waals surface area contributed by atoms with Gasteiger partial charge in [0.15, 0.2) is 0 Å². The van der Waals surface area contributed by atoms with Gasteiger partial charge in [-0.1, -0.05) is 13.2 Å². The second-order valence-corrected chi connectivity index (χ2v) is 2.03. The Hall–Kier alpha value is -0.720. The number of hydrogen-bond donors (Lipinski definition) is 0. The van der Waals surface area contributed by atoms with Crippen molar-refractivity contribution in [1.29, 1.82) is 0 Å². The van der Waals surface area contributed by atoms with Crippen LogP contribution in [0, 0.1) is 0 Å². The van der Waals surface area contributed by atoms with Crippen molar-refractivity contribution >= 4 is 0 Å². The molecular weight excluding hydrogens is 100 g/mol. The summed E-state index contributed by atoms with van der Waals surface area (Å²) in [5, 5.41) is 0. The highest BCUT2D eigenvalue weighted by molar-refractivity contribution is 4.98. The summed E-state index contributed by atoms with van der Waals surface area (Å²) in [5.41, 5.74) is 0. The largest absolute Gasteiger partial charge is 0.467 e. The van der Waals surface area contributed by atoms with Gasteiger partial charge in [-0.05, 0) is 6.42 Å². The van der Waals surface area contributed by atoms with Crippen LogP contribution in [0.1, 0.15) is 19.3 Å². The molecule has 1 fully saturated rings. The summed E-state index contributed by atoms with van der Waals surface area (Å²) in [6, 6.07) is 0. The van der Waals surface area contributed by atoms with Crippen LogP contribution in [0.3, 0.4) is 0 Å². The van der Waals surface area contributed by atoms with E-state index in [1.807, 2.05) is 0 Å². The quantitative estimate of drug-likeness (QED) is 0.464. The van der Waals surface area contributed by atoms with Gasteiger partial charge in [-0.2, -0.15) is 0 Å². The van der Waals surface area contributed by atoms with Crippen LogP contribution in [0.5, 0.6) is 0 Å². The molecule has 0 radical (unpaired) electrons. The van der Waals surface area contributed by atoms with Gasteiger partial charge in [-0.3, -0.25) is 0 Å². The molecule has 0 aromatic rings. The van der Waals surface area contributed by atoms with Gasteiger partial charge in [0.05, 0.1) is 11.5 Å². The summed E-state index contributed by atoms with van der Waals surface area (Å²) >= 11 is 0. The Morgan fingerprint density at radius 3 is 1.88 bits per heavy atom. The fraction of sp³-hybridized carbons (Fsp3) is 0.429. The summed E-state index contributed by atoms with van der Waals surface area (Å²) in [6.45, 7) is 7.36. The number of ether oxygens (including phenoxy) is 1. The third-order valence-electron chi connectivity index (χ3n) is 1.20. The number of rotatable bonds is 0. The Morgan fingerprint density at radius 2 is 1.62 bits per heavy atom. The molecule has 0 aromatic carbocycles. The topological polar surface area (TPSA) is 9.23 Å². The Bertz CT molecular complexity index is 110. The summed E-state index contributed by atoms with van der Waals surface area (Å²) in [7, 11) is 0. The first-order chi connectivity index (χ1) is 3.79. The molecule has 1 saturated heterocycles. The lowest BCUT2D eigenvalue weighted by molar-refractivity contribution is 0.247. The summed E-state index contributed by atoms with van der Waals surface area (Å²) < 4.78 is 5.10. The molecule has 8 heavy (non-hydrogen) atoms. The molecule has 1 aliphatic heterocycles. The van der Waals surface area contributed by atoms with E-state index in [1.54, 1.807) is 0 Å². The maximum Gasteiger partial charge on any atom is 0.0964 e. The molecule has 0 spiro atoms. The van der Waals surface area contributed by atoms with E-state index in [0.717, 1.165) is 30.8 Å². The maximum atomic E-state index is 5.10. The van der Waals surface area contributed by atoms with Crippen LogP contribution in [-0.2, 0) is 4.74 Å². The minimum Gasteiger partial charge on any atom is -0.467 e. The number of hydrogen-bond acceptors (Lipinski definition) is 1. The molecule has 1 nitrogen and oxygen atoms in total. The molecule has 0 aromatic heterocycles. The Kier molecular flexibility index (Phi) is 1.38. The third kappa shape index (κ3) is 1.12. The lowest BCUT2D eigenvalue weighted by Gasteiger charge is -2.15. The van der Waals surface area contributed by atoms with Crippen LogP contribution in [0.15, 0.2) is 24.7 Å². The van der Waals surface area contributed by atoms with Gasteiger partial charge in [-0.25, -0.2) is 0 Å². The van der Waals surface area contributed by atoms with E-state index in [9.17, 15) is 0 Å². The molecule has 0 saturated carbocycles. The molecule has 44 valence electrons. The minimum absolute atomic E-state index is 0.862. The predicted octanol–water partition coefficient (Wildman–Crippen LogP) is 2.21. The first-order valence-corrected chi connectivity index (χ1v) is 2.82. The van der Waals surface area contributed by atoms with E-state index in [0.29, 0.717) is 0 Å². The molecular formula is C7H10O. The van der Waals surface area contributed by atoms with Crippen molar-refractivity contribution in [3.63, 3.8) is 0 Å². The summed E-state index contributed by atoms with van der Waals surface area (Å²) in [6.07, 6.45) is 3.15. The molecule has 1 heterocycles. The van der Waals surface area contributed by atoms with Crippen molar-refractivity contribution in [3.05, 3.63) is 24.7 Å². The standard InChI is InChI=1S/C7H10O/c1-6-4-3-5-7(2)8-6/h1-5H2.